The number of nitrogens with zero attached hydrogens (tertiary/aromatic N) is 1. The topological polar surface area (TPSA) is 23.5 Å². The average molecular weight is 420 g/mol. The van der Waals surface area contributed by atoms with Crippen molar-refractivity contribution in [1.82, 2.24) is 4.90 Å². The average Bonchev–Trinajstić information content (AvgIpc) is 2.58. The first-order chi connectivity index (χ1) is 13.7. The molecule has 1 saturated heterocycles. The third-order valence-corrected chi connectivity index (χ3v) is 5.55. The van der Waals surface area contributed by atoms with Crippen LogP contribution in [-0.4, -0.2) is 35.2 Å². The van der Waals surface area contributed by atoms with Crippen LogP contribution in [0.4, 0.5) is 8.78 Å². The molecule has 156 valence electrons. The predicted octanol–water partition coefficient (Wildman–Crippen LogP) is 5.87. The van der Waals surface area contributed by atoms with Crippen molar-refractivity contribution in [3.05, 3.63) is 75.8 Å². The smallest absolute Gasteiger partial charge is 0.126 e. The Kier molecular flexibility index (Phi) is 7.10. The van der Waals surface area contributed by atoms with Gasteiger partial charge in [-0.1, -0.05) is 30.2 Å². The summed E-state index contributed by atoms with van der Waals surface area (Å²) < 4.78 is 27.3. The number of rotatable bonds is 8. The highest BCUT2D eigenvalue weighted by atomic mass is 35.5. The lowest BCUT2D eigenvalue weighted by Gasteiger charge is -2.39. The molecule has 2 aromatic carbocycles. The van der Waals surface area contributed by atoms with Crippen LogP contribution < -0.4 is 0 Å². The van der Waals surface area contributed by atoms with Gasteiger partial charge in [-0.3, -0.25) is 4.90 Å². The summed E-state index contributed by atoms with van der Waals surface area (Å²) in [6.07, 6.45) is 4.44. The van der Waals surface area contributed by atoms with Gasteiger partial charge in [0.25, 0.3) is 0 Å². The van der Waals surface area contributed by atoms with Crippen molar-refractivity contribution in [2.45, 2.75) is 45.1 Å². The molecule has 29 heavy (non-hydrogen) atoms. The first-order valence-corrected chi connectivity index (χ1v) is 10.5. The third-order valence-electron chi connectivity index (χ3n) is 5.30. The highest BCUT2D eigenvalue weighted by Gasteiger charge is 2.31. The van der Waals surface area contributed by atoms with E-state index < -0.39 is 17.2 Å². The number of hydrogen-bond donors (Lipinski definition) is 1. The highest BCUT2D eigenvalue weighted by Crippen LogP contribution is 2.35. The molecule has 3 rings (SSSR count). The molecule has 0 saturated carbocycles. The Labute approximate surface area is 176 Å². The van der Waals surface area contributed by atoms with Gasteiger partial charge in [0.05, 0.1) is 5.60 Å². The Morgan fingerprint density at radius 1 is 1.00 bits per heavy atom. The lowest BCUT2D eigenvalue weighted by atomic mass is 9.84. The normalized spacial score (nSPS) is 14.8. The Balaban J connectivity index is 1.50. The summed E-state index contributed by atoms with van der Waals surface area (Å²) in [6.45, 7) is 5.78. The number of unbranched alkanes of at least 4 members (excludes halogenated alkanes) is 2. The third kappa shape index (κ3) is 6.11. The minimum Gasteiger partial charge on any atom is -0.386 e. The minimum absolute atomic E-state index is 0.424. The molecule has 2 nitrogen and oxygen atoms in total. The lowest BCUT2D eigenvalue weighted by molar-refractivity contribution is 0.139. The Hall–Kier alpha value is -1.75. The fraction of sp³-hybridized carbons (Fsp3) is 0.417. The molecule has 1 aliphatic heterocycles. The van der Waals surface area contributed by atoms with Gasteiger partial charge in [0.15, 0.2) is 0 Å². The number of benzene rings is 2. The largest absolute Gasteiger partial charge is 0.386 e. The quantitative estimate of drug-likeness (QED) is 0.541. The number of aliphatic hydroxyl groups is 1. The molecule has 5 heteroatoms. The molecule has 1 N–H and O–H groups in total. The predicted molar refractivity (Wildman–Crippen MR) is 115 cm³/mol. The van der Waals surface area contributed by atoms with E-state index in [0.717, 1.165) is 62.0 Å². The monoisotopic (exact) mass is 419 g/mol. The van der Waals surface area contributed by atoms with Crippen LogP contribution in [0.2, 0.25) is 5.02 Å². The molecule has 0 aromatic heterocycles. The fourth-order valence-corrected chi connectivity index (χ4v) is 4.12. The summed E-state index contributed by atoms with van der Waals surface area (Å²) in [6, 6.07) is 11.4. The van der Waals surface area contributed by atoms with Crippen LogP contribution in [0.25, 0.3) is 5.57 Å². The van der Waals surface area contributed by atoms with E-state index in [1.54, 1.807) is 13.8 Å². The van der Waals surface area contributed by atoms with E-state index >= 15 is 0 Å². The summed E-state index contributed by atoms with van der Waals surface area (Å²) in [5, 5.41) is 11.3. The van der Waals surface area contributed by atoms with Gasteiger partial charge in [0, 0.05) is 24.2 Å². The maximum Gasteiger partial charge on any atom is 0.126 e. The van der Waals surface area contributed by atoms with Gasteiger partial charge < -0.3 is 5.11 Å². The van der Waals surface area contributed by atoms with E-state index in [4.69, 9.17) is 11.6 Å². The molecule has 0 radical (unpaired) electrons. The van der Waals surface area contributed by atoms with Crippen LogP contribution in [0.15, 0.2) is 48.0 Å². The number of aryl methyl sites for hydroxylation is 1. The van der Waals surface area contributed by atoms with E-state index in [1.165, 1.54) is 17.7 Å². The highest BCUT2D eigenvalue weighted by molar-refractivity contribution is 6.30. The van der Waals surface area contributed by atoms with Crippen molar-refractivity contribution in [2.24, 2.45) is 0 Å². The molecule has 0 aliphatic carbocycles. The molecule has 1 heterocycles. The van der Waals surface area contributed by atoms with Gasteiger partial charge in [-0.2, -0.15) is 0 Å². The summed E-state index contributed by atoms with van der Waals surface area (Å²) in [7, 11) is 0. The van der Waals surface area contributed by atoms with E-state index in [-0.39, 0.29) is 0 Å². The number of hydrogen-bond acceptors (Lipinski definition) is 2. The molecule has 1 aliphatic rings. The van der Waals surface area contributed by atoms with Crippen molar-refractivity contribution in [3.63, 3.8) is 0 Å². The van der Waals surface area contributed by atoms with Crippen LogP contribution in [0.5, 0.6) is 0 Å². The molecule has 0 unspecified atom stereocenters. The van der Waals surface area contributed by atoms with Gasteiger partial charge in [-0.25, -0.2) is 8.78 Å². The van der Waals surface area contributed by atoms with E-state index in [2.05, 4.69) is 17.0 Å². The zero-order valence-corrected chi connectivity index (χ0v) is 17.8. The number of halogens is 3. The van der Waals surface area contributed by atoms with Gasteiger partial charge in [0.2, 0.25) is 0 Å². The SMILES string of the molecule is CC(C)(O)C(=C1CN(CCCCCc2ccc(Cl)cc2)C1)c1cc(F)cc(F)c1. The van der Waals surface area contributed by atoms with Gasteiger partial charge in [-0.15, -0.1) is 0 Å². The molecule has 1 fully saturated rings. The molecular weight excluding hydrogens is 392 g/mol. The summed E-state index contributed by atoms with van der Waals surface area (Å²) in [4.78, 5) is 2.30. The van der Waals surface area contributed by atoms with Crippen LogP contribution in [-0.2, 0) is 6.42 Å². The van der Waals surface area contributed by atoms with Crippen molar-refractivity contribution in [1.29, 1.82) is 0 Å². The first kappa shape index (κ1) is 21.9. The Bertz CT molecular complexity index is 843. The second kappa shape index (κ2) is 9.38. The first-order valence-electron chi connectivity index (χ1n) is 10.1. The molecule has 0 spiro atoms. The zero-order valence-electron chi connectivity index (χ0n) is 17.0. The molecular formula is C24H28ClF2NO. The second-order valence-electron chi connectivity index (χ2n) is 8.34. The van der Waals surface area contributed by atoms with Crippen LogP contribution in [0.1, 0.15) is 44.2 Å². The molecule has 0 atom stereocenters. The van der Waals surface area contributed by atoms with Gasteiger partial charge in [0.1, 0.15) is 11.6 Å². The van der Waals surface area contributed by atoms with Crippen LogP contribution >= 0.6 is 11.6 Å². The van der Waals surface area contributed by atoms with Gasteiger partial charge >= 0.3 is 0 Å². The van der Waals surface area contributed by atoms with Crippen LogP contribution in [0.3, 0.4) is 0 Å². The Morgan fingerprint density at radius 2 is 1.62 bits per heavy atom. The molecule has 0 amide bonds. The molecule has 2 aromatic rings. The van der Waals surface area contributed by atoms with Crippen molar-refractivity contribution in [3.8, 4) is 0 Å². The van der Waals surface area contributed by atoms with Crippen molar-refractivity contribution in [2.75, 3.05) is 19.6 Å². The standard InChI is InChI=1S/C24H28ClF2NO/c1-24(2,29)23(18-12-21(26)14-22(27)13-18)19-15-28(16-19)11-5-3-4-6-17-7-9-20(25)10-8-17/h7-10,12-14,29H,3-6,11,15-16H2,1-2H3. The van der Waals surface area contributed by atoms with E-state index in [0.29, 0.717) is 11.1 Å². The van der Waals surface area contributed by atoms with E-state index in [9.17, 15) is 13.9 Å². The molecule has 0 bridgehead atoms. The minimum atomic E-state index is -1.15. The van der Waals surface area contributed by atoms with Crippen LogP contribution in [0, 0.1) is 11.6 Å². The van der Waals surface area contributed by atoms with Crippen molar-refractivity contribution < 1.29 is 13.9 Å². The lowest BCUT2D eigenvalue weighted by Crippen LogP contribution is -2.43. The Morgan fingerprint density at radius 3 is 2.21 bits per heavy atom. The summed E-state index contributed by atoms with van der Waals surface area (Å²) in [5.74, 6) is -1.25. The summed E-state index contributed by atoms with van der Waals surface area (Å²) in [5.41, 5.74) is 2.26. The maximum absolute atomic E-state index is 13.7. The maximum atomic E-state index is 13.7. The fourth-order valence-electron chi connectivity index (χ4n) is 3.99. The zero-order chi connectivity index (χ0) is 21.0. The number of likely N-dealkylation sites (tertiary alicyclic amines) is 1. The van der Waals surface area contributed by atoms with E-state index in [1.807, 2.05) is 12.1 Å². The second-order valence-corrected chi connectivity index (χ2v) is 8.78. The van der Waals surface area contributed by atoms with Gasteiger partial charge in [-0.05, 0) is 86.2 Å². The summed E-state index contributed by atoms with van der Waals surface area (Å²) >= 11 is 5.91. The van der Waals surface area contributed by atoms with Crippen molar-refractivity contribution >= 4 is 17.2 Å².